The third kappa shape index (κ3) is 3.83. The summed E-state index contributed by atoms with van der Waals surface area (Å²) in [4.78, 5) is 3.80. The van der Waals surface area contributed by atoms with Gasteiger partial charge in [0.25, 0.3) is 10.0 Å². The minimum atomic E-state index is -3.66. The smallest absolute Gasteiger partial charge is 0.260 e. The van der Waals surface area contributed by atoms with Crippen molar-refractivity contribution in [1.82, 2.24) is 14.3 Å². The average Bonchev–Trinajstić information content (AvgIpc) is 2.77. The second-order valence-electron chi connectivity index (χ2n) is 5.09. The molecule has 2 rings (SSSR count). The van der Waals surface area contributed by atoms with E-state index in [0.717, 1.165) is 6.42 Å². The molecule has 0 saturated carbocycles. The number of hydrogen-bond donors (Lipinski definition) is 2. The summed E-state index contributed by atoms with van der Waals surface area (Å²) in [6.07, 6.45) is 2.91. The Bertz CT molecular complexity index is 676. The zero-order valence-corrected chi connectivity index (χ0v) is 13.0. The Hall–Kier alpha value is -1.86. The monoisotopic (exact) mass is 308 g/mol. The number of aromatic nitrogens is 2. The first kappa shape index (κ1) is 15.5. The molecule has 114 valence electrons. The van der Waals surface area contributed by atoms with Gasteiger partial charge in [0, 0.05) is 13.1 Å². The highest BCUT2D eigenvalue weighted by molar-refractivity contribution is 7.89. The van der Waals surface area contributed by atoms with E-state index in [1.54, 1.807) is 7.05 Å². The first-order valence-corrected chi connectivity index (χ1v) is 8.21. The minimum absolute atomic E-state index is 0.00839. The molecule has 0 fully saturated rings. The van der Waals surface area contributed by atoms with Crippen molar-refractivity contribution in [2.45, 2.75) is 30.8 Å². The van der Waals surface area contributed by atoms with Gasteiger partial charge in [0.1, 0.15) is 0 Å². The Morgan fingerprint density at radius 2 is 2.00 bits per heavy atom. The number of nitrogen functional groups attached to an aromatic ring is 1. The van der Waals surface area contributed by atoms with Gasteiger partial charge in [0.05, 0.1) is 6.33 Å². The van der Waals surface area contributed by atoms with Gasteiger partial charge >= 0.3 is 0 Å². The van der Waals surface area contributed by atoms with Gasteiger partial charge in [-0.05, 0) is 25.3 Å². The number of nitrogens with one attached hydrogen (secondary N) is 1. The molecule has 0 aliphatic heterocycles. The third-order valence-corrected chi connectivity index (χ3v) is 4.95. The van der Waals surface area contributed by atoms with E-state index in [-0.39, 0.29) is 16.9 Å². The SMILES string of the molecule is CC(CCc1ccccc1)NS(=O)(=O)c1c(N)ncn1C. The molecule has 0 spiro atoms. The highest BCUT2D eigenvalue weighted by Gasteiger charge is 2.24. The molecule has 0 bridgehead atoms. The maximum atomic E-state index is 12.3. The fourth-order valence-corrected chi connectivity index (χ4v) is 3.69. The average molecular weight is 308 g/mol. The molecule has 1 heterocycles. The van der Waals surface area contributed by atoms with Crippen molar-refractivity contribution in [2.75, 3.05) is 5.73 Å². The number of anilines is 1. The van der Waals surface area contributed by atoms with Gasteiger partial charge in [-0.25, -0.2) is 18.1 Å². The molecule has 7 heteroatoms. The summed E-state index contributed by atoms with van der Waals surface area (Å²) >= 11 is 0. The lowest BCUT2D eigenvalue weighted by atomic mass is 10.1. The molecule has 21 heavy (non-hydrogen) atoms. The number of benzene rings is 1. The van der Waals surface area contributed by atoms with Crippen LogP contribution in [0.4, 0.5) is 5.82 Å². The molecule has 0 saturated heterocycles. The predicted octanol–water partition coefficient (Wildman–Crippen LogP) is 1.30. The zero-order valence-electron chi connectivity index (χ0n) is 12.2. The van der Waals surface area contributed by atoms with Crippen LogP contribution in [0.2, 0.25) is 0 Å². The van der Waals surface area contributed by atoms with Gasteiger partial charge in [0.15, 0.2) is 10.8 Å². The normalized spacial score (nSPS) is 13.2. The summed E-state index contributed by atoms with van der Waals surface area (Å²) in [5.74, 6) is 0.0141. The van der Waals surface area contributed by atoms with Crippen LogP contribution >= 0.6 is 0 Å². The topological polar surface area (TPSA) is 90.0 Å². The van der Waals surface area contributed by atoms with Crippen LogP contribution < -0.4 is 10.5 Å². The second kappa shape index (κ2) is 6.28. The Balaban J connectivity index is 2.00. The molecule has 0 amide bonds. The fraction of sp³-hybridized carbons (Fsp3) is 0.357. The Morgan fingerprint density at radius 3 is 2.57 bits per heavy atom. The summed E-state index contributed by atoms with van der Waals surface area (Å²) in [6, 6.07) is 9.77. The van der Waals surface area contributed by atoms with E-state index in [4.69, 9.17) is 5.73 Å². The van der Waals surface area contributed by atoms with Crippen molar-refractivity contribution < 1.29 is 8.42 Å². The first-order chi connectivity index (χ1) is 9.90. The maximum absolute atomic E-state index is 12.3. The van der Waals surface area contributed by atoms with Crippen molar-refractivity contribution in [2.24, 2.45) is 7.05 Å². The molecular weight excluding hydrogens is 288 g/mol. The van der Waals surface area contributed by atoms with Gasteiger partial charge in [-0.2, -0.15) is 0 Å². The summed E-state index contributed by atoms with van der Waals surface area (Å²) in [5.41, 5.74) is 6.80. The van der Waals surface area contributed by atoms with E-state index in [2.05, 4.69) is 9.71 Å². The molecule has 0 aliphatic carbocycles. The van der Waals surface area contributed by atoms with E-state index < -0.39 is 10.0 Å². The lowest BCUT2D eigenvalue weighted by molar-refractivity contribution is 0.540. The molecule has 0 aliphatic rings. The van der Waals surface area contributed by atoms with Crippen molar-refractivity contribution in [1.29, 1.82) is 0 Å². The third-order valence-electron chi connectivity index (χ3n) is 3.23. The standard InChI is InChI=1S/C14H20N4O2S/c1-11(8-9-12-6-4-3-5-7-12)17-21(19,20)14-13(15)16-10-18(14)2/h3-7,10-11,17H,8-9,15H2,1-2H3. The number of nitrogens with two attached hydrogens (primary N) is 1. The fourth-order valence-electron chi connectivity index (χ4n) is 2.17. The maximum Gasteiger partial charge on any atom is 0.260 e. The Kier molecular flexibility index (Phi) is 4.64. The molecule has 1 atom stereocenters. The molecule has 1 unspecified atom stereocenters. The first-order valence-electron chi connectivity index (χ1n) is 6.73. The van der Waals surface area contributed by atoms with E-state index in [9.17, 15) is 8.42 Å². The highest BCUT2D eigenvalue weighted by Crippen LogP contribution is 2.16. The molecule has 3 N–H and O–H groups in total. The summed E-state index contributed by atoms with van der Waals surface area (Å²) in [7, 11) is -2.05. The summed E-state index contributed by atoms with van der Waals surface area (Å²) < 4.78 is 28.7. The zero-order chi connectivity index (χ0) is 15.5. The van der Waals surface area contributed by atoms with E-state index >= 15 is 0 Å². The van der Waals surface area contributed by atoms with Crippen LogP contribution in [0.25, 0.3) is 0 Å². The van der Waals surface area contributed by atoms with Crippen LogP contribution in [-0.2, 0) is 23.5 Å². The molecule has 2 aromatic rings. The lowest BCUT2D eigenvalue weighted by Crippen LogP contribution is -2.34. The van der Waals surface area contributed by atoms with Gasteiger partial charge in [-0.1, -0.05) is 30.3 Å². The quantitative estimate of drug-likeness (QED) is 0.841. The summed E-state index contributed by atoms with van der Waals surface area (Å²) in [5, 5.41) is 0.00839. The lowest BCUT2D eigenvalue weighted by Gasteiger charge is -2.14. The minimum Gasteiger partial charge on any atom is -0.381 e. The van der Waals surface area contributed by atoms with Crippen molar-refractivity contribution >= 4 is 15.8 Å². The van der Waals surface area contributed by atoms with Crippen molar-refractivity contribution in [3.05, 3.63) is 42.2 Å². The number of sulfonamides is 1. The molecule has 1 aromatic carbocycles. The van der Waals surface area contributed by atoms with E-state index in [1.807, 2.05) is 37.3 Å². The van der Waals surface area contributed by atoms with Crippen LogP contribution in [-0.4, -0.2) is 24.0 Å². The number of hydrogen-bond acceptors (Lipinski definition) is 4. The second-order valence-corrected chi connectivity index (χ2v) is 6.72. The molecular formula is C14H20N4O2S. The number of aryl methyl sites for hydroxylation is 2. The largest absolute Gasteiger partial charge is 0.381 e. The number of imidazole rings is 1. The van der Waals surface area contributed by atoms with Crippen LogP contribution in [0, 0.1) is 0 Å². The number of rotatable bonds is 6. The van der Waals surface area contributed by atoms with Gasteiger partial charge in [-0.3, -0.25) is 0 Å². The van der Waals surface area contributed by atoms with Gasteiger partial charge in [0.2, 0.25) is 0 Å². The van der Waals surface area contributed by atoms with Crippen LogP contribution in [0.5, 0.6) is 0 Å². The molecule has 0 radical (unpaired) electrons. The van der Waals surface area contributed by atoms with Gasteiger partial charge < -0.3 is 10.3 Å². The Morgan fingerprint density at radius 1 is 1.33 bits per heavy atom. The number of nitrogens with zero attached hydrogens (tertiary/aromatic N) is 2. The summed E-state index contributed by atoms with van der Waals surface area (Å²) in [6.45, 7) is 1.84. The van der Waals surface area contributed by atoms with E-state index in [1.165, 1.54) is 16.5 Å². The van der Waals surface area contributed by atoms with Crippen LogP contribution in [0.3, 0.4) is 0 Å². The highest BCUT2D eigenvalue weighted by atomic mass is 32.2. The van der Waals surface area contributed by atoms with Gasteiger partial charge in [-0.15, -0.1) is 0 Å². The van der Waals surface area contributed by atoms with Crippen molar-refractivity contribution in [3.63, 3.8) is 0 Å². The Labute approximate surface area is 125 Å². The molecule has 1 aromatic heterocycles. The predicted molar refractivity (Wildman–Crippen MR) is 82.2 cm³/mol. The van der Waals surface area contributed by atoms with Crippen molar-refractivity contribution in [3.8, 4) is 0 Å². The van der Waals surface area contributed by atoms with Crippen LogP contribution in [0.15, 0.2) is 41.7 Å². The van der Waals surface area contributed by atoms with Crippen LogP contribution in [0.1, 0.15) is 18.9 Å². The molecule has 6 nitrogen and oxygen atoms in total. The van der Waals surface area contributed by atoms with E-state index in [0.29, 0.717) is 6.42 Å².